The number of benzene rings is 2. The lowest BCUT2D eigenvalue weighted by atomic mass is 10.1. The number of rotatable bonds is 8. The Labute approximate surface area is 168 Å². The van der Waals surface area contributed by atoms with Gasteiger partial charge in [0.25, 0.3) is 5.91 Å². The maximum absolute atomic E-state index is 12.4. The van der Waals surface area contributed by atoms with Crippen LogP contribution in [0.5, 0.6) is 0 Å². The van der Waals surface area contributed by atoms with Crippen molar-refractivity contribution in [2.45, 2.75) is 19.4 Å². The van der Waals surface area contributed by atoms with Gasteiger partial charge in [-0.15, -0.1) is 0 Å². The Morgan fingerprint density at radius 3 is 2.55 bits per heavy atom. The van der Waals surface area contributed by atoms with Crippen LogP contribution in [-0.4, -0.2) is 28.1 Å². The monoisotopic (exact) mass is 387 g/mol. The van der Waals surface area contributed by atoms with Gasteiger partial charge in [-0.05, 0) is 30.5 Å². The fourth-order valence-corrected chi connectivity index (χ4v) is 3.21. The molecule has 0 atom stereocenters. The molecule has 0 saturated carbocycles. The van der Waals surface area contributed by atoms with Crippen molar-refractivity contribution in [2.75, 3.05) is 6.54 Å². The highest BCUT2D eigenvalue weighted by atomic mass is 16.4. The summed E-state index contributed by atoms with van der Waals surface area (Å²) < 4.78 is 1.59. The van der Waals surface area contributed by atoms with E-state index in [9.17, 15) is 14.9 Å². The topological polar surface area (TPSA) is 95.1 Å². The first-order valence-corrected chi connectivity index (χ1v) is 9.32. The van der Waals surface area contributed by atoms with E-state index in [2.05, 4.69) is 5.32 Å². The number of carboxylic acids is 1. The van der Waals surface area contributed by atoms with E-state index < -0.39 is 11.9 Å². The second-order valence-corrected chi connectivity index (χ2v) is 6.64. The van der Waals surface area contributed by atoms with Crippen molar-refractivity contribution in [2.24, 2.45) is 0 Å². The van der Waals surface area contributed by atoms with Crippen LogP contribution in [0.1, 0.15) is 17.5 Å². The lowest BCUT2D eigenvalue weighted by Crippen LogP contribution is -2.25. The summed E-state index contributed by atoms with van der Waals surface area (Å²) in [6.45, 7) is 0.273. The van der Waals surface area contributed by atoms with Crippen molar-refractivity contribution >= 4 is 28.9 Å². The molecule has 3 aromatic rings. The summed E-state index contributed by atoms with van der Waals surface area (Å²) in [6.07, 6.45) is 4.77. The number of amides is 1. The molecule has 6 heteroatoms. The molecule has 0 unspecified atom stereocenters. The first kappa shape index (κ1) is 19.9. The standard InChI is InChI=1S/C23H21N3O3/c24-14-18(23(29)25-12-6-9-17-7-2-1-3-8-17)13-19-15-26(16-22(27)28)21-11-5-4-10-20(19)21/h1-5,7-8,10-11,13,15H,6,9,12,16H2,(H,25,29)(H,27,28)/b18-13+. The molecule has 2 aromatic carbocycles. The molecule has 6 nitrogen and oxygen atoms in total. The Bertz CT molecular complexity index is 1090. The largest absolute Gasteiger partial charge is 0.480 e. The zero-order valence-corrected chi connectivity index (χ0v) is 15.8. The minimum atomic E-state index is -0.960. The van der Waals surface area contributed by atoms with Gasteiger partial charge in [0.05, 0.1) is 0 Å². The molecule has 0 radical (unpaired) electrons. The normalized spacial score (nSPS) is 11.2. The molecule has 0 saturated heterocycles. The molecule has 0 spiro atoms. The molecule has 3 rings (SSSR count). The quantitative estimate of drug-likeness (QED) is 0.352. The molecule has 0 aliphatic carbocycles. The number of hydrogen-bond donors (Lipinski definition) is 2. The van der Waals surface area contributed by atoms with Crippen molar-refractivity contribution in [1.29, 1.82) is 5.26 Å². The summed E-state index contributed by atoms with van der Waals surface area (Å²) in [5.41, 5.74) is 2.56. The first-order valence-electron chi connectivity index (χ1n) is 9.32. The lowest BCUT2D eigenvalue weighted by molar-refractivity contribution is -0.137. The number of nitrogens with zero attached hydrogens (tertiary/aromatic N) is 2. The third-order valence-corrected chi connectivity index (χ3v) is 4.56. The fraction of sp³-hybridized carbons (Fsp3) is 0.174. The van der Waals surface area contributed by atoms with Crippen molar-refractivity contribution in [3.8, 4) is 6.07 Å². The van der Waals surface area contributed by atoms with Gasteiger partial charge in [0, 0.05) is 29.2 Å². The molecule has 0 aliphatic heterocycles. The van der Waals surface area contributed by atoms with Gasteiger partial charge < -0.3 is 15.0 Å². The van der Waals surface area contributed by atoms with Gasteiger partial charge in [-0.25, -0.2) is 0 Å². The van der Waals surface area contributed by atoms with E-state index in [0.717, 1.165) is 23.7 Å². The van der Waals surface area contributed by atoms with Gasteiger partial charge in [-0.3, -0.25) is 9.59 Å². The van der Waals surface area contributed by atoms with E-state index in [1.54, 1.807) is 10.8 Å². The summed E-state index contributed by atoms with van der Waals surface area (Å²) in [7, 11) is 0. The number of hydrogen-bond acceptors (Lipinski definition) is 3. The average Bonchev–Trinajstić information content (AvgIpc) is 3.07. The number of carboxylic acid groups (broad SMARTS) is 1. The van der Waals surface area contributed by atoms with Gasteiger partial charge in [0.1, 0.15) is 18.2 Å². The summed E-state index contributed by atoms with van der Waals surface area (Å²) >= 11 is 0. The SMILES string of the molecule is N#C/C(=C\c1cn(CC(=O)O)c2ccccc12)C(=O)NCCCc1ccccc1. The van der Waals surface area contributed by atoms with Crippen LogP contribution >= 0.6 is 0 Å². The number of nitrogens with one attached hydrogen (secondary N) is 1. The molecule has 0 bridgehead atoms. The molecule has 1 aromatic heterocycles. The van der Waals surface area contributed by atoms with Gasteiger partial charge >= 0.3 is 5.97 Å². The fourth-order valence-electron chi connectivity index (χ4n) is 3.21. The molecule has 0 aliphatic rings. The maximum Gasteiger partial charge on any atom is 0.323 e. The number of nitriles is 1. The van der Waals surface area contributed by atoms with Crippen LogP contribution in [0.3, 0.4) is 0 Å². The third-order valence-electron chi connectivity index (χ3n) is 4.56. The highest BCUT2D eigenvalue weighted by molar-refractivity contribution is 6.04. The minimum absolute atomic E-state index is 0.0112. The minimum Gasteiger partial charge on any atom is -0.480 e. The number of para-hydroxylation sites is 1. The molecule has 29 heavy (non-hydrogen) atoms. The van der Waals surface area contributed by atoms with Crippen molar-refractivity contribution in [3.05, 3.63) is 77.5 Å². The van der Waals surface area contributed by atoms with Crippen LogP contribution in [0.25, 0.3) is 17.0 Å². The number of aryl methyl sites for hydroxylation is 1. The number of aliphatic carboxylic acids is 1. The number of fused-ring (bicyclic) bond motifs is 1. The predicted molar refractivity (Wildman–Crippen MR) is 111 cm³/mol. The van der Waals surface area contributed by atoms with Crippen molar-refractivity contribution in [1.82, 2.24) is 9.88 Å². The van der Waals surface area contributed by atoms with Crippen LogP contribution < -0.4 is 5.32 Å². The van der Waals surface area contributed by atoms with E-state index in [-0.39, 0.29) is 12.1 Å². The zero-order chi connectivity index (χ0) is 20.6. The molecular weight excluding hydrogens is 366 g/mol. The second-order valence-electron chi connectivity index (χ2n) is 6.64. The second kappa shape index (κ2) is 9.38. The summed E-state index contributed by atoms with van der Waals surface area (Å²) in [5, 5.41) is 22.1. The van der Waals surface area contributed by atoms with Crippen molar-refractivity contribution < 1.29 is 14.7 Å². The predicted octanol–water partition coefficient (Wildman–Crippen LogP) is 3.38. The smallest absolute Gasteiger partial charge is 0.323 e. The molecule has 2 N–H and O–H groups in total. The first-order chi connectivity index (χ1) is 14.1. The van der Waals surface area contributed by atoms with Crippen molar-refractivity contribution in [3.63, 3.8) is 0 Å². The van der Waals surface area contributed by atoms with Crippen LogP contribution in [-0.2, 0) is 22.6 Å². The molecular formula is C23H21N3O3. The molecule has 146 valence electrons. The molecule has 1 amide bonds. The molecule has 0 fully saturated rings. The molecule has 1 heterocycles. The van der Waals surface area contributed by atoms with Gasteiger partial charge in [-0.2, -0.15) is 5.26 Å². The highest BCUT2D eigenvalue weighted by Crippen LogP contribution is 2.23. The Balaban J connectivity index is 1.71. The number of carbonyl (C=O) groups is 2. The number of aromatic nitrogens is 1. The van der Waals surface area contributed by atoms with Crippen LogP contribution in [0.4, 0.5) is 0 Å². The Morgan fingerprint density at radius 2 is 1.83 bits per heavy atom. The third kappa shape index (κ3) is 5.11. The van der Waals surface area contributed by atoms with Crippen LogP contribution in [0.15, 0.2) is 66.4 Å². The van der Waals surface area contributed by atoms with Gasteiger partial charge in [0.15, 0.2) is 0 Å². The Hall–Kier alpha value is -3.85. The van der Waals surface area contributed by atoms with E-state index in [1.165, 1.54) is 11.6 Å². The number of carbonyl (C=O) groups excluding carboxylic acids is 1. The van der Waals surface area contributed by atoms with Crippen LogP contribution in [0.2, 0.25) is 0 Å². The maximum atomic E-state index is 12.4. The zero-order valence-electron chi connectivity index (χ0n) is 15.8. The average molecular weight is 387 g/mol. The van der Waals surface area contributed by atoms with Gasteiger partial charge in [0.2, 0.25) is 0 Å². The van der Waals surface area contributed by atoms with E-state index >= 15 is 0 Å². The van der Waals surface area contributed by atoms with E-state index in [1.807, 2.05) is 60.7 Å². The lowest BCUT2D eigenvalue weighted by Gasteiger charge is -2.04. The van der Waals surface area contributed by atoms with Crippen LogP contribution in [0, 0.1) is 11.3 Å². The Kier molecular flexibility index (Phi) is 6.43. The summed E-state index contributed by atoms with van der Waals surface area (Å²) in [6, 6.07) is 19.2. The van der Waals surface area contributed by atoms with Gasteiger partial charge in [-0.1, -0.05) is 48.5 Å². The highest BCUT2D eigenvalue weighted by Gasteiger charge is 2.13. The summed E-state index contributed by atoms with van der Waals surface area (Å²) in [5.74, 6) is -1.39. The van der Waals surface area contributed by atoms with E-state index in [4.69, 9.17) is 5.11 Å². The van der Waals surface area contributed by atoms with E-state index in [0.29, 0.717) is 12.1 Å². The Morgan fingerprint density at radius 1 is 1.10 bits per heavy atom. The summed E-state index contributed by atoms with van der Waals surface area (Å²) in [4.78, 5) is 23.5.